The van der Waals surface area contributed by atoms with Gasteiger partial charge in [-0.1, -0.05) is 48.3 Å². The lowest BCUT2D eigenvalue weighted by molar-refractivity contribution is -0.128. The molecular weight excluding hydrogens is 378 g/mol. The Balaban J connectivity index is 1.39. The predicted molar refractivity (Wildman–Crippen MR) is 114 cm³/mol. The molecule has 3 aromatic rings. The van der Waals surface area contributed by atoms with Crippen LogP contribution in [0.4, 0.5) is 0 Å². The molecule has 1 aromatic heterocycles. The summed E-state index contributed by atoms with van der Waals surface area (Å²) in [4.78, 5) is 18.9. The molecule has 156 valence electrons. The van der Waals surface area contributed by atoms with E-state index in [4.69, 9.17) is 9.26 Å². The molecule has 30 heavy (non-hydrogen) atoms. The molecule has 1 atom stereocenters. The average Bonchev–Trinajstić information content (AvgIpc) is 3.38. The van der Waals surface area contributed by atoms with E-state index in [0.29, 0.717) is 31.2 Å². The van der Waals surface area contributed by atoms with Gasteiger partial charge in [0.25, 0.3) is 0 Å². The molecule has 1 unspecified atom stereocenters. The third kappa shape index (κ3) is 4.70. The van der Waals surface area contributed by atoms with E-state index in [-0.39, 0.29) is 11.8 Å². The molecule has 6 nitrogen and oxygen atoms in total. The highest BCUT2D eigenvalue weighted by Gasteiger charge is 2.34. The van der Waals surface area contributed by atoms with Crippen molar-refractivity contribution in [3.63, 3.8) is 0 Å². The van der Waals surface area contributed by atoms with Crippen LogP contribution < -0.4 is 4.74 Å². The minimum absolute atomic E-state index is 0.0687. The molecule has 1 fully saturated rings. The van der Waals surface area contributed by atoms with Gasteiger partial charge in [0.05, 0.1) is 12.5 Å². The van der Waals surface area contributed by atoms with Gasteiger partial charge < -0.3 is 14.2 Å². The Morgan fingerprint density at radius 1 is 1.13 bits per heavy atom. The number of carbonyl (C=O) groups is 1. The van der Waals surface area contributed by atoms with E-state index in [0.717, 1.165) is 36.3 Å². The summed E-state index contributed by atoms with van der Waals surface area (Å²) in [5, 5.41) is 4.12. The van der Waals surface area contributed by atoms with E-state index in [1.807, 2.05) is 29.2 Å². The normalized spacial score (nSPS) is 16.3. The largest absolute Gasteiger partial charge is 0.494 e. The van der Waals surface area contributed by atoms with Crippen LogP contribution in [0.15, 0.2) is 53.1 Å². The number of ether oxygens (including phenoxy) is 1. The Hall–Kier alpha value is -3.15. The quantitative estimate of drug-likeness (QED) is 0.506. The molecule has 0 saturated carbocycles. The van der Waals surface area contributed by atoms with Gasteiger partial charge in [-0.2, -0.15) is 4.98 Å². The van der Waals surface area contributed by atoms with Crippen molar-refractivity contribution < 1.29 is 14.1 Å². The molecule has 0 N–H and O–H groups in total. The van der Waals surface area contributed by atoms with Gasteiger partial charge in [0.2, 0.25) is 17.6 Å². The van der Waals surface area contributed by atoms with Gasteiger partial charge >= 0.3 is 0 Å². The molecular formula is C24H27N3O3. The Kier molecular flexibility index (Phi) is 6.12. The number of aromatic nitrogens is 2. The second kappa shape index (κ2) is 9.11. The predicted octanol–water partition coefficient (Wildman–Crippen LogP) is 4.74. The van der Waals surface area contributed by atoms with E-state index in [1.165, 1.54) is 5.56 Å². The van der Waals surface area contributed by atoms with Crippen molar-refractivity contribution in [3.05, 3.63) is 65.5 Å². The first-order valence-electron chi connectivity index (χ1n) is 10.5. The van der Waals surface area contributed by atoms with Gasteiger partial charge in [-0.25, -0.2) is 0 Å². The number of likely N-dealkylation sites (tertiary alicyclic amines) is 1. The standard InChI is InChI=1S/C24H27N3O3/c1-3-4-13-29-21-11-9-19(10-12-21)23-25-24(30-26-23)20-14-22(28)27(16-20)15-18-7-5-17(2)6-8-18/h5-12,20H,3-4,13-16H2,1-2H3. The third-order valence-electron chi connectivity index (χ3n) is 5.38. The smallest absolute Gasteiger partial charge is 0.232 e. The molecule has 0 radical (unpaired) electrons. The lowest BCUT2D eigenvalue weighted by atomic mass is 10.1. The van der Waals surface area contributed by atoms with Crippen molar-refractivity contribution >= 4 is 5.91 Å². The van der Waals surface area contributed by atoms with Crippen molar-refractivity contribution in [1.82, 2.24) is 15.0 Å². The molecule has 1 amide bonds. The van der Waals surface area contributed by atoms with Crippen LogP contribution in [-0.2, 0) is 11.3 Å². The van der Waals surface area contributed by atoms with Gasteiger partial charge in [-0.3, -0.25) is 4.79 Å². The van der Waals surface area contributed by atoms with E-state index in [1.54, 1.807) is 0 Å². The Labute approximate surface area is 176 Å². The minimum atomic E-state index is -0.0687. The van der Waals surface area contributed by atoms with Crippen molar-refractivity contribution in [1.29, 1.82) is 0 Å². The number of amides is 1. The minimum Gasteiger partial charge on any atom is -0.494 e. The molecule has 1 saturated heterocycles. The van der Waals surface area contributed by atoms with Gasteiger partial charge in [0, 0.05) is 25.1 Å². The van der Waals surface area contributed by atoms with E-state index < -0.39 is 0 Å². The second-order valence-electron chi connectivity index (χ2n) is 7.84. The first kappa shape index (κ1) is 20.1. The second-order valence-corrected chi connectivity index (χ2v) is 7.84. The summed E-state index contributed by atoms with van der Waals surface area (Å²) in [6, 6.07) is 16.0. The molecule has 0 bridgehead atoms. The van der Waals surface area contributed by atoms with Crippen LogP contribution in [0.1, 0.15) is 49.1 Å². The van der Waals surface area contributed by atoms with Crippen molar-refractivity contribution in [2.75, 3.05) is 13.2 Å². The SMILES string of the molecule is CCCCOc1ccc(-c2noc(C3CC(=O)N(Cc4ccc(C)cc4)C3)n2)cc1. The summed E-state index contributed by atoms with van der Waals surface area (Å²) in [5.41, 5.74) is 3.21. The maximum absolute atomic E-state index is 12.5. The van der Waals surface area contributed by atoms with Gasteiger partial charge in [-0.15, -0.1) is 0 Å². The summed E-state index contributed by atoms with van der Waals surface area (Å²) in [7, 11) is 0. The topological polar surface area (TPSA) is 68.5 Å². The van der Waals surface area contributed by atoms with E-state index in [9.17, 15) is 4.79 Å². The number of hydrogen-bond acceptors (Lipinski definition) is 5. The van der Waals surface area contributed by atoms with Crippen LogP contribution in [0.3, 0.4) is 0 Å². The first-order chi connectivity index (χ1) is 14.6. The van der Waals surface area contributed by atoms with Crippen molar-refractivity contribution in [2.45, 2.75) is 45.6 Å². The third-order valence-corrected chi connectivity index (χ3v) is 5.38. The number of rotatable bonds is 8. The number of hydrogen-bond donors (Lipinski definition) is 0. The molecule has 1 aliphatic heterocycles. The summed E-state index contributed by atoms with van der Waals surface area (Å²) in [6.45, 7) is 6.12. The van der Waals surface area contributed by atoms with Gasteiger partial charge in [0.1, 0.15) is 5.75 Å². The molecule has 2 heterocycles. The number of aryl methyl sites for hydroxylation is 1. The number of unbranched alkanes of at least 4 members (excludes halogenated alkanes) is 1. The highest BCUT2D eigenvalue weighted by atomic mass is 16.5. The molecule has 1 aliphatic rings. The van der Waals surface area contributed by atoms with Crippen molar-refractivity contribution in [2.24, 2.45) is 0 Å². The summed E-state index contributed by atoms with van der Waals surface area (Å²) >= 11 is 0. The Bertz CT molecular complexity index is 980. The molecule has 2 aromatic carbocycles. The van der Waals surface area contributed by atoms with Crippen LogP contribution in [-0.4, -0.2) is 34.1 Å². The van der Waals surface area contributed by atoms with Crippen LogP contribution in [0.5, 0.6) is 5.75 Å². The summed E-state index contributed by atoms with van der Waals surface area (Å²) < 4.78 is 11.2. The van der Waals surface area contributed by atoms with E-state index in [2.05, 4.69) is 48.3 Å². The zero-order valence-electron chi connectivity index (χ0n) is 17.5. The summed E-state index contributed by atoms with van der Waals surface area (Å²) in [6.07, 6.45) is 2.55. The first-order valence-corrected chi connectivity index (χ1v) is 10.5. The van der Waals surface area contributed by atoms with Crippen LogP contribution in [0, 0.1) is 6.92 Å². The van der Waals surface area contributed by atoms with Crippen molar-refractivity contribution in [3.8, 4) is 17.1 Å². The molecule has 0 aliphatic carbocycles. The van der Waals surface area contributed by atoms with Gasteiger partial charge in [-0.05, 0) is 43.2 Å². The fraction of sp³-hybridized carbons (Fsp3) is 0.375. The Morgan fingerprint density at radius 2 is 1.90 bits per heavy atom. The molecule has 6 heteroatoms. The average molecular weight is 405 g/mol. The van der Waals surface area contributed by atoms with E-state index >= 15 is 0 Å². The maximum atomic E-state index is 12.5. The maximum Gasteiger partial charge on any atom is 0.232 e. The zero-order valence-corrected chi connectivity index (χ0v) is 17.5. The fourth-order valence-corrected chi connectivity index (χ4v) is 3.56. The number of nitrogens with zero attached hydrogens (tertiary/aromatic N) is 3. The summed E-state index contributed by atoms with van der Waals surface area (Å²) in [5.74, 6) is 1.95. The monoisotopic (exact) mass is 405 g/mol. The zero-order chi connectivity index (χ0) is 20.9. The van der Waals surface area contributed by atoms with Gasteiger partial charge in [0.15, 0.2) is 0 Å². The molecule has 4 rings (SSSR count). The van der Waals surface area contributed by atoms with Crippen LogP contribution in [0.25, 0.3) is 11.4 Å². The Morgan fingerprint density at radius 3 is 2.63 bits per heavy atom. The molecule has 0 spiro atoms. The van der Waals surface area contributed by atoms with Crippen LogP contribution in [0.2, 0.25) is 0 Å². The highest BCUT2D eigenvalue weighted by molar-refractivity contribution is 5.79. The number of benzene rings is 2. The van der Waals surface area contributed by atoms with Crippen LogP contribution >= 0.6 is 0 Å². The lowest BCUT2D eigenvalue weighted by Crippen LogP contribution is -2.24. The number of carbonyl (C=O) groups excluding carboxylic acids is 1. The fourth-order valence-electron chi connectivity index (χ4n) is 3.56. The lowest BCUT2D eigenvalue weighted by Gasteiger charge is -2.16. The highest BCUT2D eigenvalue weighted by Crippen LogP contribution is 2.30.